The van der Waals surface area contributed by atoms with Gasteiger partial charge in [-0.15, -0.1) is 0 Å². The fraction of sp³-hybridized carbons (Fsp3) is 0.300. The normalized spacial score (nSPS) is 13.4. The zero-order valence-electron chi connectivity index (χ0n) is 7.44. The molecular formula is C10H11FN2. The summed E-state index contributed by atoms with van der Waals surface area (Å²) in [5.74, 6) is 0. The fourth-order valence-electron chi connectivity index (χ4n) is 1.40. The quantitative estimate of drug-likeness (QED) is 0.691. The monoisotopic (exact) mass is 178 g/mol. The molecule has 0 aliphatic rings. The van der Waals surface area contributed by atoms with Crippen LogP contribution in [-0.2, 0) is 0 Å². The van der Waals surface area contributed by atoms with Gasteiger partial charge < -0.3 is 0 Å². The lowest BCUT2D eigenvalue weighted by atomic mass is 10.3. The zero-order valence-corrected chi connectivity index (χ0v) is 7.44. The lowest BCUT2D eigenvalue weighted by Crippen LogP contribution is -1.99. The summed E-state index contributed by atoms with van der Waals surface area (Å²) in [6.07, 6.45) is 1.06. The number of aromatic nitrogens is 2. The molecule has 0 radical (unpaired) electrons. The molecule has 1 aromatic heterocycles. The number of para-hydroxylation sites is 2. The minimum atomic E-state index is -0.965. The summed E-state index contributed by atoms with van der Waals surface area (Å²) in [5, 5.41) is 0. The number of hydrogen-bond acceptors (Lipinski definition) is 1. The number of imidazole rings is 1. The Morgan fingerprint density at radius 2 is 2.23 bits per heavy atom. The van der Waals surface area contributed by atoms with Gasteiger partial charge in [0.05, 0.1) is 17.4 Å². The lowest BCUT2D eigenvalue weighted by molar-refractivity contribution is 0.239. The van der Waals surface area contributed by atoms with Crippen LogP contribution in [0.5, 0.6) is 0 Å². The van der Waals surface area contributed by atoms with E-state index in [-0.39, 0.29) is 0 Å². The maximum atomic E-state index is 13.4. The van der Waals surface area contributed by atoms with E-state index in [1.807, 2.05) is 31.2 Å². The minimum absolute atomic E-state index is 0.473. The third-order valence-electron chi connectivity index (χ3n) is 2.12. The van der Waals surface area contributed by atoms with E-state index in [1.165, 1.54) is 0 Å². The van der Waals surface area contributed by atoms with Gasteiger partial charge in [-0.1, -0.05) is 19.1 Å². The van der Waals surface area contributed by atoms with E-state index >= 15 is 0 Å². The van der Waals surface area contributed by atoms with Crippen LogP contribution in [0, 0.1) is 0 Å². The summed E-state index contributed by atoms with van der Waals surface area (Å²) in [5.41, 5.74) is 1.70. The van der Waals surface area contributed by atoms with Gasteiger partial charge in [-0.05, 0) is 18.6 Å². The molecule has 0 bridgehead atoms. The summed E-state index contributed by atoms with van der Waals surface area (Å²) >= 11 is 0. The van der Waals surface area contributed by atoms with Crippen LogP contribution in [0.4, 0.5) is 4.39 Å². The van der Waals surface area contributed by atoms with Crippen LogP contribution < -0.4 is 0 Å². The van der Waals surface area contributed by atoms with Crippen molar-refractivity contribution in [2.45, 2.75) is 19.6 Å². The van der Waals surface area contributed by atoms with Crippen LogP contribution in [-0.4, -0.2) is 9.55 Å². The Bertz CT molecular complexity index is 408. The van der Waals surface area contributed by atoms with E-state index in [1.54, 1.807) is 10.9 Å². The van der Waals surface area contributed by atoms with Gasteiger partial charge in [-0.25, -0.2) is 9.37 Å². The predicted octanol–water partition coefficient (Wildman–Crippen LogP) is 2.91. The van der Waals surface area contributed by atoms with Crippen LogP contribution in [0.2, 0.25) is 0 Å². The molecule has 2 nitrogen and oxygen atoms in total. The molecule has 0 aliphatic heterocycles. The first kappa shape index (κ1) is 8.23. The van der Waals surface area contributed by atoms with Crippen molar-refractivity contribution in [3.63, 3.8) is 0 Å². The van der Waals surface area contributed by atoms with E-state index in [2.05, 4.69) is 4.98 Å². The molecule has 0 saturated carbocycles. The average molecular weight is 178 g/mol. The molecule has 13 heavy (non-hydrogen) atoms. The van der Waals surface area contributed by atoms with E-state index in [9.17, 15) is 4.39 Å². The second-order valence-electron chi connectivity index (χ2n) is 2.98. The molecule has 0 N–H and O–H groups in total. The third kappa shape index (κ3) is 1.30. The highest BCUT2D eigenvalue weighted by Gasteiger charge is 2.08. The molecular weight excluding hydrogens is 167 g/mol. The molecule has 3 heteroatoms. The molecule has 1 aromatic carbocycles. The first-order valence-corrected chi connectivity index (χ1v) is 4.38. The first-order valence-electron chi connectivity index (χ1n) is 4.38. The van der Waals surface area contributed by atoms with Crippen molar-refractivity contribution in [1.82, 2.24) is 9.55 Å². The van der Waals surface area contributed by atoms with Gasteiger partial charge in [-0.2, -0.15) is 0 Å². The average Bonchev–Trinajstić information content (AvgIpc) is 2.60. The van der Waals surface area contributed by atoms with Crippen molar-refractivity contribution in [3.8, 4) is 0 Å². The van der Waals surface area contributed by atoms with Gasteiger partial charge in [0.15, 0.2) is 6.30 Å². The van der Waals surface area contributed by atoms with E-state index in [0.29, 0.717) is 6.42 Å². The van der Waals surface area contributed by atoms with E-state index < -0.39 is 6.30 Å². The zero-order chi connectivity index (χ0) is 9.26. The van der Waals surface area contributed by atoms with Crippen molar-refractivity contribution < 1.29 is 4.39 Å². The molecule has 68 valence electrons. The number of nitrogens with zero attached hydrogens (tertiary/aromatic N) is 2. The second kappa shape index (κ2) is 3.17. The molecule has 0 amide bonds. The lowest BCUT2D eigenvalue weighted by Gasteiger charge is -2.06. The van der Waals surface area contributed by atoms with E-state index in [0.717, 1.165) is 11.0 Å². The van der Waals surface area contributed by atoms with Crippen molar-refractivity contribution >= 4 is 11.0 Å². The van der Waals surface area contributed by atoms with Crippen LogP contribution in [0.1, 0.15) is 19.6 Å². The van der Waals surface area contributed by atoms with Crippen molar-refractivity contribution in [2.24, 2.45) is 0 Å². The molecule has 2 rings (SSSR count). The Morgan fingerprint density at radius 3 is 3.00 bits per heavy atom. The summed E-state index contributed by atoms with van der Waals surface area (Å²) in [6, 6.07) is 7.56. The number of fused-ring (bicyclic) bond motifs is 1. The van der Waals surface area contributed by atoms with Crippen molar-refractivity contribution in [1.29, 1.82) is 0 Å². The predicted molar refractivity (Wildman–Crippen MR) is 50.2 cm³/mol. The molecule has 1 unspecified atom stereocenters. The molecule has 0 fully saturated rings. The maximum absolute atomic E-state index is 13.4. The van der Waals surface area contributed by atoms with Gasteiger partial charge in [0.2, 0.25) is 0 Å². The number of rotatable bonds is 2. The second-order valence-corrected chi connectivity index (χ2v) is 2.98. The Kier molecular flexibility index (Phi) is 2.00. The summed E-state index contributed by atoms with van der Waals surface area (Å²) in [7, 11) is 0. The van der Waals surface area contributed by atoms with Crippen LogP contribution in [0.15, 0.2) is 30.6 Å². The summed E-state index contributed by atoms with van der Waals surface area (Å²) in [4.78, 5) is 4.11. The Labute approximate surface area is 76.0 Å². The Balaban J connectivity index is 2.57. The number of hydrogen-bond donors (Lipinski definition) is 0. The largest absolute Gasteiger partial charge is 0.299 e. The SMILES string of the molecule is CCC(F)n1cnc2ccccc21. The van der Waals surface area contributed by atoms with Crippen LogP contribution >= 0.6 is 0 Å². The van der Waals surface area contributed by atoms with Crippen molar-refractivity contribution in [2.75, 3.05) is 0 Å². The Morgan fingerprint density at radius 1 is 1.46 bits per heavy atom. The van der Waals surface area contributed by atoms with Crippen molar-refractivity contribution in [3.05, 3.63) is 30.6 Å². The minimum Gasteiger partial charge on any atom is -0.299 e. The smallest absolute Gasteiger partial charge is 0.177 e. The van der Waals surface area contributed by atoms with E-state index in [4.69, 9.17) is 0 Å². The number of benzene rings is 1. The van der Waals surface area contributed by atoms with Crippen LogP contribution in [0.3, 0.4) is 0 Å². The van der Waals surface area contributed by atoms with Crippen LogP contribution in [0.25, 0.3) is 11.0 Å². The number of halogens is 1. The molecule has 1 atom stereocenters. The fourth-order valence-corrected chi connectivity index (χ4v) is 1.40. The van der Waals surface area contributed by atoms with Gasteiger partial charge in [0, 0.05) is 0 Å². The molecule has 2 aromatic rings. The molecule has 0 spiro atoms. The molecule has 0 aliphatic carbocycles. The summed E-state index contributed by atoms with van der Waals surface area (Å²) < 4.78 is 14.9. The Hall–Kier alpha value is -1.38. The highest BCUT2D eigenvalue weighted by atomic mass is 19.1. The molecule has 0 saturated heterocycles. The maximum Gasteiger partial charge on any atom is 0.177 e. The standard InChI is InChI=1S/C10H11FN2/c1-2-10(11)13-7-12-8-5-3-4-6-9(8)13/h3-7,10H,2H2,1H3. The van der Waals surface area contributed by atoms with Gasteiger partial charge >= 0.3 is 0 Å². The number of alkyl halides is 1. The van der Waals surface area contributed by atoms with Gasteiger partial charge in [0.1, 0.15) is 0 Å². The first-order chi connectivity index (χ1) is 6.33. The van der Waals surface area contributed by atoms with Gasteiger partial charge in [0.25, 0.3) is 0 Å². The van der Waals surface area contributed by atoms with Gasteiger partial charge in [-0.3, -0.25) is 4.57 Å². The summed E-state index contributed by atoms with van der Waals surface area (Å²) in [6.45, 7) is 1.82. The third-order valence-corrected chi connectivity index (χ3v) is 2.12. The molecule has 1 heterocycles. The highest BCUT2D eigenvalue weighted by molar-refractivity contribution is 5.74. The topological polar surface area (TPSA) is 17.8 Å². The highest BCUT2D eigenvalue weighted by Crippen LogP contribution is 2.20.